The maximum absolute atomic E-state index is 12.2. The Labute approximate surface area is 132 Å². The number of carbonyl (C=O) groups excluding carboxylic acids is 1. The van der Waals surface area contributed by atoms with Gasteiger partial charge >= 0.3 is 0 Å². The summed E-state index contributed by atoms with van der Waals surface area (Å²) in [5, 5.41) is 15.9. The van der Waals surface area contributed by atoms with Gasteiger partial charge in [0.1, 0.15) is 5.70 Å². The number of allylic oxidation sites excluding steroid dienone is 1. The van der Waals surface area contributed by atoms with Gasteiger partial charge in [0.25, 0.3) is 5.91 Å². The standard InChI is InChI=1S/C13H14ClN7O/c1-4-11(20(3)15-2)13(22)19-9-7-10(14)12(16-8-9)21-17-5-6-18-21/h4-8H,2H2,1,3H3,(H,19,22)/b11-4-. The van der Waals surface area contributed by atoms with E-state index in [-0.39, 0.29) is 5.91 Å². The number of carbonyl (C=O) groups is 1. The average Bonchev–Trinajstić information content (AvgIpc) is 3.01. The largest absolute Gasteiger partial charge is 0.319 e. The number of nitrogens with zero attached hydrogens (tertiary/aromatic N) is 6. The number of rotatable bonds is 5. The highest BCUT2D eigenvalue weighted by atomic mass is 35.5. The van der Waals surface area contributed by atoms with Crippen LogP contribution < -0.4 is 5.32 Å². The molecular weight excluding hydrogens is 306 g/mol. The molecular formula is C13H14ClN7O. The second kappa shape index (κ2) is 6.81. The molecule has 2 heterocycles. The van der Waals surface area contributed by atoms with Gasteiger partial charge < -0.3 is 5.32 Å². The first-order chi connectivity index (χ1) is 10.6. The molecule has 0 aliphatic carbocycles. The van der Waals surface area contributed by atoms with Crippen molar-refractivity contribution >= 4 is 29.9 Å². The molecule has 2 rings (SSSR count). The summed E-state index contributed by atoms with van der Waals surface area (Å²) in [6, 6.07) is 1.57. The highest BCUT2D eigenvalue weighted by molar-refractivity contribution is 6.32. The summed E-state index contributed by atoms with van der Waals surface area (Å²) in [5.74, 6) is 0.0287. The number of aromatic nitrogens is 4. The Morgan fingerprint density at radius 2 is 2.18 bits per heavy atom. The lowest BCUT2D eigenvalue weighted by Gasteiger charge is -2.15. The highest BCUT2D eigenvalue weighted by Gasteiger charge is 2.14. The second-order valence-corrected chi connectivity index (χ2v) is 4.55. The zero-order chi connectivity index (χ0) is 16.1. The first kappa shape index (κ1) is 15.6. The van der Waals surface area contributed by atoms with E-state index in [1.54, 1.807) is 26.1 Å². The molecule has 0 saturated heterocycles. The number of hydrazone groups is 1. The molecule has 2 aromatic heterocycles. The van der Waals surface area contributed by atoms with E-state index < -0.39 is 0 Å². The third-order valence-corrected chi connectivity index (χ3v) is 3.03. The van der Waals surface area contributed by atoms with Crippen LogP contribution in [-0.2, 0) is 4.79 Å². The van der Waals surface area contributed by atoms with Gasteiger partial charge in [-0.05, 0) is 13.0 Å². The van der Waals surface area contributed by atoms with Crippen molar-refractivity contribution in [2.45, 2.75) is 6.92 Å². The van der Waals surface area contributed by atoms with E-state index >= 15 is 0 Å². The summed E-state index contributed by atoms with van der Waals surface area (Å²) >= 11 is 6.14. The molecule has 0 aromatic carbocycles. The molecule has 114 valence electrons. The minimum absolute atomic E-state index is 0.311. The predicted molar refractivity (Wildman–Crippen MR) is 83.9 cm³/mol. The monoisotopic (exact) mass is 319 g/mol. The van der Waals surface area contributed by atoms with Crippen LogP contribution in [-0.4, -0.2) is 44.7 Å². The molecule has 1 N–H and O–H groups in total. The SMILES string of the molecule is C=NN(C)/C(=C\C)C(=O)Nc1cnc(-n2nccn2)c(Cl)c1. The van der Waals surface area contributed by atoms with E-state index in [1.165, 1.54) is 28.4 Å². The van der Waals surface area contributed by atoms with Crippen LogP contribution in [0.4, 0.5) is 5.69 Å². The van der Waals surface area contributed by atoms with Crippen LogP contribution in [0.25, 0.3) is 5.82 Å². The van der Waals surface area contributed by atoms with Gasteiger partial charge in [-0.3, -0.25) is 9.80 Å². The van der Waals surface area contributed by atoms with Crippen molar-refractivity contribution in [1.29, 1.82) is 0 Å². The lowest BCUT2D eigenvalue weighted by Crippen LogP contribution is -2.24. The molecule has 0 aliphatic rings. The molecule has 0 unspecified atom stereocenters. The zero-order valence-corrected chi connectivity index (χ0v) is 12.8. The Bertz CT molecular complexity index is 711. The maximum Gasteiger partial charge on any atom is 0.273 e. The van der Waals surface area contributed by atoms with E-state index in [2.05, 4.69) is 32.3 Å². The summed E-state index contributed by atoms with van der Waals surface area (Å²) in [5.41, 5.74) is 0.798. The minimum Gasteiger partial charge on any atom is -0.319 e. The van der Waals surface area contributed by atoms with Gasteiger partial charge in [-0.2, -0.15) is 15.3 Å². The van der Waals surface area contributed by atoms with Crippen LogP contribution in [0.5, 0.6) is 0 Å². The maximum atomic E-state index is 12.2. The van der Waals surface area contributed by atoms with Crippen LogP contribution in [0.3, 0.4) is 0 Å². The molecule has 22 heavy (non-hydrogen) atoms. The smallest absolute Gasteiger partial charge is 0.273 e. The molecule has 0 atom stereocenters. The molecule has 8 nitrogen and oxygen atoms in total. The summed E-state index contributed by atoms with van der Waals surface area (Å²) in [6.07, 6.45) is 6.13. The summed E-state index contributed by atoms with van der Waals surface area (Å²) < 4.78 is 0. The van der Waals surface area contributed by atoms with Crippen molar-refractivity contribution in [2.75, 3.05) is 12.4 Å². The fraction of sp³-hybridized carbons (Fsp3) is 0.154. The van der Waals surface area contributed by atoms with Gasteiger partial charge in [-0.25, -0.2) is 4.98 Å². The Kier molecular flexibility index (Phi) is 4.84. The van der Waals surface area contributed by atoms with Crippen molar-refractivity contribution in [2.24, 2.45) is 5.10 Å². The molecule has 0 radical (unpaired) electrons. The molecule has 0 fully saturated rings. The van der Waals surface area contributed by atoms with Gasteiger partial charge in [0.2, 0.25) is 0 Å². The topological polar surface area (TPSA) is 88.3 Å². The van der Waals surface area contributed by atoms with Gasteiger partial charge in [-0.15, -0.1) is 4.80 Å². The van der Waals surface area contributed by atoms with Gasteiger partial charge in [0.15, 0.2) is 5.82 Å². The van der Waals surface area contributed by atoms with Crippen LogP contribution in [0.15, 0.2) is 41.5 Å². The summed E-state index contributed by atoms with van der Waals surface area (Å²) in [4.78, 5) is 17.6. The van der Waals surface area contributed by atoms with Gasteiger partial charge in [0, 0.05) is 13.8 Å². The summed E-state index contributed by atoms with van der Waals surface area (Å²) in [7, 11) is 1.62. The van der Waals surface area contributed by atoms with Crippen LogP contribution in [0, 0.1) is 0 Å². The number of nitrogens with one attached hydrogen (secondary N) is 1. The predicted octanol–water partition coefficient (Wildman–Crippen LogP) is 1.71. The zero-order valence-electron chi connectivity index (χ0n) is 12.1. The number of halogens is 1. The van der Waals surface area contributed by atoms with Crippen molar-refractivity contribution in [1.82, 2.24) is 25.0 Å². The molecule has 0 saturated carbocycles. The van der Waals surface area contributed by atoms with Crippen molar-refractivity contribution in [3.8, 4) is 5.82 Å². The van der Waals surface area contributed by atoms with Crippen molar-refractivity contribution in [3.63, 3.8) is 0 Å². The molecule has 0 bridgehead atoms. The molecule has 0 spiro atoms. The van der Waals surface area contributed by atoms with Crippen molar-refractivity contribution < 1.29 is 4.79 Å². The number of anilines is 1. The minimum atomic E-state index is -0.347. The summed E-state index contributed by atoms with van der Waals surface area (Å²) in [6.45, 7) is 5.11. The number of likely N-dealkylation sites (N-methyl/N-ethyl adjacent to an activating group) is 1. The third-order valence-electron chi connectivity index (χ3n) is 2.75. The van der Waals surface area contributed by atoms with Gasteiger partial charge in [0.05, 0.1) is 29.3 Å². The lowest BCUT2D eigenvalue weighted by atomic mass is 10.3. The number of hydrogen-bond acceptors (Lipinski definition) is 6. The van der Waals surface area contributed by atoms with Crippen LogP contribution in [0.2, 0.25) is 5.02 Å². The van der Waals surface area contributed by atoms with E-state index in [9.17, 15) is 4.79 Å². The Morgan fingerprint density at radius 1 is 1.50 bits per heavy atom. The van der Waals surface area contributed by atoms with E-state index in [1.807, 2.05) is 0 Å². The Hall–Kier alpha value is -2.74. The second-order valence-electron chi connectivity index (χ2n) is 4.14. The first-order valence-corrected chi connectivity index (χ1v) is 6.65. The fourth-order valence-electron chi connectivity index (χ4n) is 1.71. The van der Waals surface area contributed by atoms with E-state index in [4.69, 9.17) is 11.6 Å². The van der Waals surface area contributed by atoms with Crippen LogP contribution in [0.1, 0.15) is 6.92 Å². The highest BCUT2D eigenvalue weighted by Crippen LogP contribution is 2.21. The molecule has 2 aromatic rings. The number of amides is 1. The van der Waals surface area contributed by atoms with Crippen LogP contribution >= 0.6 is 11.6 Å². The Balaban J connectivity index is 2.19. The van der Waals surface area contributed by atoms with Gasteiger partial charge in [-0.1, -0.05) is 17.7 Å². The normalized spacial score (nSPS) is 11.1. The lowest BCUT2D eigenvalue weighted by molar-refractivity contribution is -0.114. The number of hydrogen-bond donors (Lipinski definition) is 1. The third kappa shape index (κ3) is 3.29. The molecule has 0 aliphatic heterocycles. The fourth-order valence-corrected chi connectivity index (χ4v) is 1.95. The quantitative estimate of drug-likeness (QED) is 0.515. The van der Waals surface area contributed by atoms with Crippen molar-refractivity contribution in [3.05, 3.63) is 41.5 Å². The molecule has 1 amide bonds. The number of pyridine rings is 1. The molecule has 9 heteroatoms. The average molecular weight is 320 g/mol. The first-order valence-electron chi connectivity index (χ1n) is 6.27. The van der Waals surface area contributed by atoms with E-state index in [0.717, 1.165) is 0 Å². The Morgan fingerprint density at radius 3 is 2.73 bits per heavy atom. The van der Waals surface area contributed by atoms with E-state index in [0.29, 0.717) is 22.2 Å².